The van der Waals surface area contributed by atoms with E-state index in [1.54, 1.807) is 0 Å². The van der Waals surface area contributed by atoms with Crippen molar-refractivity contribution in [2.45, 2.75) is 65.5 Å². The van der Waals surface area contributed by atoms with E-state index in [9.17, 15) is 0 Å². The van der Waals surface area contributed by atoms with Crippen LogP contribution in [-0.4, -0.2) is 22.8 Å². The summed E-state index contributed by atoms with van der Waals surface area (Å²) in [7, 11) is 1.53. The molecular formula is C14H32O2Si. The molecule has 0 aromatic rings. The lowest BCUT2D eigenvalue weighted by Gasteiger charge is -2.45. The van der Waals surface area contributed by atoms with E-state index in [0.717, 1.165) is 12.0 Å². The molecule has 17 heavy (non-hydrogen) atoms. The molecule has 0 N–H and O–H groups in total. The molecule has 0 aliphatic rings. The molecule has 0 aliphatic heterocycles. The summed E-state index contributed by atoms with van der Waals surface area (Å²) >= 11 is 0. The van der Waals surface area contributed by atoms with Crippen molar-refractivity contribution >= 4 is 8.56 Å². The molecular weight excluding hydrogens is 228 g/mol. The van der Waals surface area contributed by atoms with Crippen molar-refractivity contribution in [2.75, 3.05) is 14.2 Å². The van der Waals surface area contributed by atoms with Crippen LogP contribution in [0.15, 0.2) is 0 Å². The standard InChI is InChI=1S/C14H32O2Si/c1-9-13(10-2)11-17(15-7,16-8)14(5,6)12(3)4/h12-13H,9-11H2,1-8H3. The monoisotopic (exact) mass is 260 g/mol. The van der Waals surface area contributed by atoms with Crippen LogP contribution in [0.25, 0.3) is 0 Å². The summed E-state index contributed by atoms with van der Waals surface area (Å²) in [5.74, 6) is 1.29. The highest BCUT2D eigenvalue weighted by atomic mass is 28.4. The van der Waals surface area contributed by atoms with Crippen molar-refractivity contribution < 1.29 is 8.85 Å². The molecule has 0 radical (unpaired) electrons. The second kappa shape index (κ2) is 6.91. The maximum absolute atomic E-state index is 5.96. The Morgan fingerprint density at radius 3 is 1.65 bits per heavy atom. The Labute approximate surface area is 109 Å². The van der Waals surface area contributed by atoms with E-state index >= 15 is 0 Å². The predicted octanol–water partition coefficient (Wildman–Crippen LogP) is 4.59. The molecule has 0 fully saturated rings. The Morgan fingerprint density at radius 1 is 1.00 bits per heavy atom. The number of hydrogen-bond acceptors (Lipinski definition) is 2. The Morgan fingerprint density at radius 2 is 1.41 bits per heavy atom. The molecule has 0 heterocycles. The maximum Gasteiger partial charge on any atom is 0.344 e. The van der Waals surface area contributed by atoms with Crippen molar-refractivity contribution in [1.82, 2.24) is 0 Å². The van der Waals surface area contributed by atoms with E-state index in [1.807, 2.05) is 14.2 Å². The van der Waals surface area contributed by atoms with Gasteiger partial charge < -0.3 is 8.85 Å². The first kappa shape index (κ1) is 17.1. The highest BCUT2D eigenvalue weighted by Crippen LogP contribution is 2.48. The smallest absolute Gasteiger partial charge is 0.344 e. The van der Waals surface area contributed by atoms with E-state index in [-0.39, 0.29) is 5.04 Å². The lowest BCUT2D eigenvalue weighted by atomic mass is 9.99. The van der Waals surface area contributed by atoms with Crippen LogP contribution in [0.2, 0.25) is 11.1 Å². The zero-order valence-corrected chi connectivity index (χ0v) is 14.1. The molecule has 0 bridgehead atoms. The molecule has 0 amide bonds. The summed E-state index contributed by atoms with van der Waals surface area (Å²) in [6.07, 6.45) is 2.43. The fraction of sp³-hybridized carbons (Fsp3) is 1.00. The number of hydrogen-bond donors (Lipinski definition) is 0. The third-order valence-corrected chi connectivity index (χ3v) is 9.77. The van der Waals surface area contributed by atoms with Gasteiger partial charge in [0.15, 0.2) is 0 Å². The topological polar surface area (TPSA) is 18.5 Å². The van der Waals surface area contributed by atoms with E-state index in [1.165, 1.54) is 12.8 Å². The Balaban J connectivity index is 5.14. The first-order valence-electron chi connectivity index (χ1n) is 6.91. The highest BCUT2D eigenvalue weighted by molar-refractivity contribution is 6.70. The minimum Gasteiger partial charge on any atom is -0.397 e. The fourth-order valence-electron chi connectivity index (χ4n) is 2.44. The largest absolute Gasteiger partial charge is 0.397 e. The van der Waals surface area contributed by atoms with Crippen LogP contribution in [-0.2, 0) is 8.85 Å². The average molecular weight is 260 g/mol. The lowest BCUT2D eigenvalue weighted by molar-refractivity contribution is 0.184. The van der Waals surface area contributed by atoms with Gasteiger partial charge in [-0.1, -0.05) is 54.4 Å². The van der Waals surface area contributed by atoms with Crippen molar-refractivity contribution in [1.29, 1.82) is 0 Å². The summed E-state index contributed by atoms with van der Waals surface area (Å²) in [5, 5.41) is 0.138. The van der Waals surface area contributed by atoms with Crippen LogP contribution in [0.1, 0.15) is 54.4 Å². The molecule has 0 saturated carbocycles. The SMILES string of the molecule is CCC(CC)C[Si](OC)(OC)C(C)(C)C(C)C. The van der Waals surface area contributed by atoms with E-state index in [2.05, 4.69) is 41.5 Å². The third kappa shape index (κ3) is 3.55. The van der Waals surface area contributed by atoms with Gasteiger partial charge in [0.25, 0.3) is 0 Å². The van der Waals surface area contributed by atoms with Gasteiger partial charge in [0.2, 0.25) is 0 Å². The summed E-state index contributed by atoms with van der Waals surface area (Å²) in [5.41, 5.74) is 0. The molecule has 0 aromatic carbocycles. The van der Waals surface area contributed by atoms with Gasteiger partial charge >= 0.3 is 8.56 Å². The van der Waals surface area contributed by atoms with Crippen LogP contribution in [0, 0.1) is 11.8 Å². The zero-order chi connectivity index (χ0) is 13.7. The minimum atomic E-state index is -2.14. The maximum atomic E-state index is 5.96. The van der Waals surface area contributed by atoms with Crippen molar-refractivity contribution in [3.63, 3.8) is 0 Å². The van der Waals surface area contributed by atoms with Gasteiger partial charge in [-0.3, -0.25) is 0 Å². The van der Waals surface area contributed by atoms with E-state index in [4.69, 9.17) is 8.85 Å². The van der Waals surface area contributed by atoms with E-state index < -0.39 is 8.56 Å². The molecule has 0 aromatic heterocycles. The number of rotatable bonds is 8. The van der Waals surface area contributed by atoms with Crippen LogP contribution in [0.4, 0.5) is 0 Å². The van der Waals surface area contributed by atoms with Gasteiger partial charge in [-0.25, -0.2) is 0 Å². The summed E-state index contributed by atoms with van der Waals surface area (Å²) < 4.78 is 11.9. The van der Waals surface area contributed by atoms with Crippen molar-refractivity contribution in [2.24, 2.45) is 11.8 Å². The lowest BCUT2D eigenvalue weighted by Crippen LogP contribution is -2.53. The molecule has 0 atom stereocenters. The van der Waals surface area contributed by atoms with Crippen LogP contribution in [0.5, 0.6) is 0 Å². The first-order chi connectivity index (χ1) is 7.81. The van der Waals surface area contributed by atoms with E-state index in [0.29, 0.717) is 5.92 Å². The second-order valence-electron chi connectivity index (χ2n) is 5.92. The van der Waals surface area contributed by atoms with Gasteiger partial charge in [0.05, 0.1) is 0 Å². The Hall–Kier alpha value is 0.137. The molecule has 0 rings (SSSR count). The molecule has 104 valence electrons. The minimum absolute atomic E-state index is 0.138. The quantitative estimate of drug-likeness (QED) is 0.594. The highest BCUT2D eigenvalue weighted by Gasteiger charge is 2.52. The zero-order valence-electron chi connectivity index (χ0n) is 13.1. The first-order valence-corrected chi connectivity index (χ1v) is 8.93. The summed E-state index contributed by atoms with van der Waals surface area (Å²) in [6, 6.07) is 1.11. The normalized spacial score (nSPS) is 13.8. The molecule has 0 aliphatic carbocycles. The van der Waals surface area contributed by atoms with Crippen LogP contribution < -0.4 is 0 Å². The predicted molar refractivity (Wildman–Crippen MR) is 77.5 cm³/mol. The summed E-state index contributed by atoms with van der Waals surface area (Å²) in [6.45, 7) is 13.7. The Kier molecular flexibility index (Phi) is 6.96. The third-order valence-electron chi connectivity index (χ3n) is 4.80. The molecule has 2 nitrogen and oxygen atoms in total. The molecule has 0 saturated heterocycles. The van der Waals surface area contributed by atoms with Gasteiger partial charge in [0, 0.05) is 19.3 Å². The van der Waals surface area contributed by atoms with Gasteiger partial charge in [-0.05, 0) is 17.9 Å². The van der Waals surface area contributed by atoms with Gasteiger partial charge in [-0.15, -0.1) is 0 Å². The fourth-order valence-corrected chi connectivity index (χ4v) is 6.73. The molecule has 0 spiro atoms. The van der Waals surface area contributed by atoms with Crippen LogP contribution >= 0.6 is 0 Å². The van der Waals surface area contributed by atoms with Gasteiger partial charge in [-0.2, -0.15) is 0 Å². The van der Waals surface area contributed by atoms with Crippen molar-refractivity contribution in [3.05, 3.63) is 0 Å². The second-order valence-corrected chi connectivity index (χ2v) is 9.94. The van der Waals surface area contributed by atoms with Crippen molar-refractivity contribution in [3.8, 4) is 0 Å². The average Bonchev–Trinajstić information content (AvgIpc) is 2.31. The molecule has 0 unspecified atom stereocenters. The van der Waals surface area contributed by atoms with Gasteiger partial charge in [0.1, 0.15) is 0 Å². The Bertz CT molecular complexity index is 206. The summed E-state index contributed by atoms with van der Waals surface area (Å²) in [4.78, 5) is 0. The van der Waals surface area contributed by atoms with Crippen LogP contribution in [0.3, 0.4) is 0 Å². The molecule has 3 heteroatoms.